The SMILES string of the molecule is CCCCCCCCNC(=O)COc1ccc(-c2nc(-c3ccccc3)c(-c3ccccc3)[nH]2)cc1. The molecule has 1 aromatic heterocycles. The van der Waals surface area contributed by atoms with Gasteiger partial charge in [0.1, 0.15) is 11.6 Å². The summed E-state index contributed by atoms with van der Waals surface area (Å²) in [5.74, 6) is 1.36. The number of carbonyl (C=O) groups is 1. The molecule has 4 aromatic rings. The molecular formula is C31H35N3O2. The zero-order valence-electron chi connectivity index (χ0n) is 21.0. The van der Waals surface area contributed by atoms with Gasteiger partial charge in [-0.25, -0.2) is 4.98 Å². The Kier molecular flexibility index (Phi) is 9.32. The molecule has 36 heavy (non-hydrogen) atoms. The summed E-state index contributed by atoms with van der Waals surface area (Å²) in [4.78, 5) is 20.5. The predicted molar refractivity (Wildman–Crippen MR) is 147 cm³/mol. The van der Waals surface area contributed by atoms with E-state index in [1.54, 1.807) is 0 Å². The quantitative estimate of drug-likeness (QED) is 0.197. The van der Waals surface area contributed by atoms with Crippen molar-refractivity contribution < 1.29 is 9.53 Å². The standard InChI is InChI=1S/C31H35N3O2/c1-2-3-4-5-6-13-22-32-28(35)23-36-27-20-18-26(19-21-27)31-33-29(24-14-9-7-10-15-24)30(34-31)25-16-11-8-12-17-25/h7-12,14-21H,2-6,13,22-23H2,1H3,(H,32,35)(H,33,34). The highest BCUT2D eigenvalue weighted by atomic mass is 16.5. The number of nitrogens with one attached hydrogen (secondary N) is 2. The van der Waals surface area contributed by atoms with E-state index in [0.29, 0.717) is 12.3 Å². The number of benzene rings is 3. The van der Waals surface area contributed by atoms with Crippen molar-refractivity contribution >= 4 is 5.91 Å². The van der Waals surface area contributed by atoms with Crippen LogP contribution in [0.3, 0.4) is 0 Å². The number of hydrogen-bond acceptors (Lipinski definition) is 3. The normalized spacial score (nSPS) is 10.8. The van der Waals surface area contributed by atoms with Crippen molar-refractivity contribution in [3.05, 3.63) is 84.9 Å². The summed E-state index contributed by atoms with van der Waals surface area (Å²) in [6, 6.07) is 28.1. The van der Waals surface area contributed by atoms with Gasteiger partial charge in [0.05, 0.1) is 11.4 Å². The number of amides is 1. The van der Waals surface area contributed by atoms with Crippen molar-refractivity contribution in [3.8, 4) is 39.7 Å². The Labute approximate surface area is 214 Å². The highest BCUT2D eigenvalue weighted by molar-refractivity contribution is 5.81. The van der Waals surface area contributed by atoms with Crippen LogP contribution in [0, 0.1) is 0 Å². The number of carbonyl (C=O) groups excluding carboxylic acids is 1. The maximum Gasteiger partial charge on any atom is 0.257 e. The van der Waals surface area contributed by atoms with Crippen LogP contribution in [0.4, 0.5) is 0 Å². The van der Waals surface area contributed by atoms with Gasteiger partial charge in [0.15, 0.2) is 6.61 Å². The summed E-state index contributed by atoms with van der Waals surface area (Å²) in [6.07, 6.45) is 7.24. The first-order valence-corrected chi connectivity index (χ1v) is 13.0. The topological polar surface area (TPSA) is 67.0 Å². The van der Waals surface area contributed by atoms with Crippen LogP contribution in [0.5, 0.6) is 5.75 Å². The van der Waals surface area contributed by atoms with Crippen molar-refractivity contribution in [1.29, 1.82) is 0 Å². The summed E-state index contributed by atoms with van der Waals surface area (Å²) in [5.41, 5.74) is 5.00. The largest absolute Gasteiger partial charge is 0.484 e. The molecule has 0 fully saturated rings. The molecule has 3 aromatic carbocycles. The Morgan fingerprint density at radius 2 is 1.42 bits per heavy atom. The van der Waals surface area contributed by atoms with Crippen LogP contribution in [-0.4, -0.2) is 29.0 Å². The minimum Gasteiger partial charge on any atom is -0.484 e. The minimum absolute atomic E-state index is 0.0201. The van der Waals surface area contributed by atoms with Crippen LogP contribution in [0.25, 0.3) is 33.9 Å². The molecule has 5 heteroatoms. The predicted octanol–water partition coefficient (Wildman–Crippen LogP) is 7.27. The van der Waals surface area contributed by atoms with Gasteiger partial charge in [-0.2, -0.15) is 0 Å². The van der Waals surface area contributed by atoms with Gasteiger partial charge in [0, 0.05) is 23.2 Å². The molecular weight excluding hydrogens is 446 g/mol. The van der Waals surface area contributed by atoms with E-state index in [-0.39, 0.29) is 12.5 Å². The number of ether oxygens (including phenoxy) is 1. The van der Waals surface area contributed by atoms with E-state index in [9.17, 15) is 4.79 Å². The maximum absolute atomic E-state index is 12.1. The average Bonchev–Trinajstić information content (AvgIpc) is 3.38. The highest BCUT2D eigenvalue weighted by Crippen LogP contribution is 2.33. The molecule has 0 radical (unpaired) electrons. The first kappa shape index (κ1) is 25.2. The van der Waals surface area contributed by atoms with Crippen molar-refractivity contribution in [2.75, 3.05) is 13.2 Å². The fraction of sp³-hybridized carbons (Fsp3) is 0.290. The number of H-pyrrole nitrogens is 1. The molecule has 0 aliphatic rings. The average molecular weight is 482 g/mol. The zero-order chi connectivity index (χ0) is 25.0. The van der Waals surface area contributed by atoms with Gasteiger partial charge in [-0.15, -0.1) is 0 Å². The molecule has 0 atom stereocenters. The third kappa shape index (κ3) is 7.08. The number of nitrogens with zero attached hydrogens (tertiary/aromatic N) is 1. The molecule has 1 heterocycles. The lowest BCUT2D eigenvalue weighted by Crippen LogP contribution is -2.29. The minimum atomic E-state index is -0.0846. The third-order valence-corrected chi connectivity index (χ3v) is 6.16. The number of aromatic nitrogens is 2. The van der Waals surface area contributed by atoms with E-state index >= 15 is 0 Å². The second-order valence-corrected chi connectivity index (χ2v) is 8.97. The van der Waals surface area contributed by atoms with Gasteiger partial charge in [0.25, 0.3) is 5.91 Å². The Bertz CT molecular complexity index is 1140. The fourth-order valence-corrected chi connectivity index (χ4v) is 4.17. The summed E-state index contributed by atoms with van der Waals surface area (Å²) >= 11 is 0. The summed E-state index contributed by atoms with van der Waals surface area (Å²) in [7, 11) is 0. The second-order valence-electron chi connectivity index (χ2n) is 8.97. The van der Waals surface area contributed by atoms with Crippen molar-refractivity contribution in [1.82, 2.24) is 15.3 Å². The third-order valence-electron chi connectivity index (χ3n) is 6.16. The van der Waals surface area contributed by atoms with E-state index in [2.05, 4.69) is 41.5 Å². The van der Waals surface area contributed by atoms with Crippen LogP contribution < -0.4 is 10.1 Å². The van der Waals surface area contributed by atoms with Crippen LogP contribution in [-0.2, 0) is 4.79 Å². The lowest BCUT2D eigenvalue weighted by Gasteiger charge is -2.08. The van der Waals surface area contributed by atoms with Gasteiger partial charge >= 0.3 is 0 Å². The highest BCUT2D eigenvalue weighted by Gasteiger charge is 2.15. The Hall–Kier alpha value is -3.86. The number of hydrogen-bond donors (Lipinski definition) is 2. The monoisotopic (exact) mass is 481 g/mol. The molecule has 0 unspecified atom stereocenters. The number of imidazole rings is 1. The van der Waals surface area contributed by atoms with Crippen molar-refractivity contribution in [2.24, 2.45) is 0 Å². The Morgan fingerprint density at radius 1 is 0.778 bits per heavy atom. The molecule has 0 aliphatic carbocycles. The number of unbranched alkanes of at least 4 members (excludes halogenated alkanes) is 5. The lowest BCUT2D eigenvalue weighted by molar-refractivity contribution is -0.123. The molecule has 5 nitrogen and oxygen atoms in total. The fourth-order valence-electron chi connectivity index (χ4n) is 4.17. The maximum atomic E-state index is 12.1. The van der Waals surface area contributed by atoms with Crippen LogP contribution in [0.2, 0.25) is 0 Å². The van der Waals surface area contributed by atoms with E-state index in [0.717, 1.165) is 46.7 Å². The Balaban J connectivity index is 1.36. The van der Waals surface area contributed by atoms with E-state index in [1.807, 2.05) is 60.7 Å². The van der Waals surface area contributed by atoms with Crippen LogP contribution >= 0.6 is 0 Å². The molecule has 4 rings (SSSR count). The van der Waals surface area contributed by atoms with Crippen molar-refractivity contribution in [3.63, 3.8) is 0 Å². The van der Waals surface area contributed by atoms with Gasteiger partial charge in [-0.3, -0.25) is 4.79 Å². The molecule has 0 bridgehead atoms. The van der Waals surface area contributed by atoms with Gasteiger partial charge < -0.3 is 15.0 Å². The number of aromatic amines is 1. The first-order valence-electron chi connectivity index (χ1n) is 13.0. The van der Waals surface area contributed by atoms with Crippen LogP contribution in [0.15, 0.2) is 84.9 Å². The molecule has 0 aliphatic heterocycles. The summed E-state index contributed by atoms with van der Waals surface area (Å²) < 4.78 is 5.69. The molecule has 0 saturated carbocycles. The molecule has 1 amide bonds. The van der Waals surface area contributed by atoms with Gasteiger partial charge in [-0.1, -0.05) is 99.7 Å². The zero-order valence-corrected chi connectivity index (χ0v) is 21.0. The smallest absolute Gasteiger partial charge is 0.257 e. The number of rotatable bonds is 13. The molecule has 0 spiro atoms. The summed E-state index contributed by atoms with van der Waals surface area (Å²) in [6.45, 7) is 2.94. The summed E-state index contributed by atoms with van der Waals surface area (Å²) in [5, 5.41) is 2.94. The second kappa shape index (κ2) is 13.3. The molecule has 2 N–H and O–H groups in total. The van der Waals surface area contributed by atoms with Crippen molar-refractivity contribution in [2.45, 2.75) is 45.4 Å². The van der Waals surface area contributed by atoms with E-state index in [1.165, 1.54) is 25.7 Å². The van der Waals surface area contributed by atoms with E-state index < -0.39 is 0 Å². The first-order chi connectivity index (χ1) is 17.7. The Morgan fingerprint density at radius 3 is 2.11 bits per heavy atom. The molecule has 0 saturated heterocycles. The van der Waals surface area contributed by atoms with Crippen LogP contribution in [0.1, 0.15) is 45.4 Å². The molecule has 186 valence electrons. The van der Waals surface area contributed by atoms with E-state index in [4.69, 9.17) is 9.72 Å². The lowest BCUT2D eigenvalue weighted by atomic mass is 10.1. The van der Waals surface area contributed by atoms with Gasteiger partial charge in [0.2, 0.25) is 0 Å². The van der Waals surface area contributed by atoms with Gasteiger partial charge in [-0.05, 0) is 30.7 Å².